The van der Waals surface area contributed by atoms with Crippen LogP contribution in [0, 0.1) is 0 Å². The van der Waals surface area contributed by atoms with Crippen molar-refractivity contribution in [2.45, 2.75) is 32.2 Å². The molecule has 6 nitrogen and oxygen atoms in total. The summed E-state index contributed by atoms with van der Waals surface area (Å²) >= 11 is 0. The average Bonchev–Trinajstić information content (AvgIpc) is 2.25. The Morgan fingerprint density at radius 2 is 2.25 bits per heavy atom. The Morgan fingerprint density at radius 1 is 1.56 bits per heavy atom. The lowest BCUT2D eigenvalue weighted by atomic mass is 10.1. The van der Waals surface area contributed by atoms with Gasteiger partial charge in [-0.3, -0.25) is 9.59 Å². The predicted octanol–water partition coefficient (Wildman–Crippen LogP) is -0.412. The Balaban J connectivity index is 2.67. The van der Waals surface area contributed by atoms with E-state index < -0.39 is 12.0 Å². The molecule has 1 atom stereocenters. The fourth-order valence-corrected chi connectivity index (χ4v) is 1.60. The lowest BCUT2D eigenvalue weighted by Crippen LogP contribution is -2.59. The Labute approximate surface area is 93.6 Å². The first-order chi connectivity index (χ1) is 7.56. The number of carbonyl (C=O) groups excluding carboxylic acids is 2. The van der Waals surface area contributed by atoms with Crippen LogP contribution in [0.3, 0.4) is 0 Å². The number of nitrogens with one attached hydrogen (secondary N) is 1. The first-order valence-electron chi connectivity index (χ1n) is 5.35. The molecule has 1 aliphatic heterocycles. The molecule has 0 saturated carbocycles. The number of aliphatic carboxylic acids is 1. The molecular weight excluding hydrogens is 212 g/mol. The molecule has 1 fully saturated rings. The predicted molar refractivity (Wildman–Crippen MR) is 55.7 cm³/mol. The Kier molecular flexibility index (Phi) is 4.28. The standard InChI is InChI=1S/C10H16N2O4/c1-2-3-4-9(14)12-6-8(13)11-5-7(12)10(15)16/h7H,2-6H2,1H3,(H,11,13)(H,15,16). The van der Waals surface area contributed by atoms with Crippen LogP contribution in [-0.4, -0.2) is 46.9 Å². The van der Waals surface area contributed by atoms with Gasteiger partial charge in [0.15, 0.2) is 0 Å². The van der Waals surface area contributed by atoms with E-state index in [-0.39, 0.29) is 24.9 Å². The van der Waals surface area contributed by atoms with Gasteiger partial charge in [0.05, 0.1) is 0 Å². The first-order valence-corrected chi connectivity index (χ1v) is 5.35. The van der Waals surface area contributed by atoms with E-state index >= 15 is 0 Å². The Bertz CT molecular complexity index is 303. The molecule has 1 unspecified atom stereocenters. The molecule has 0 aromatic rings. The third kappa shape index (κ3) is 2.95. The van der Waals surface area contributed by atoms with Gasteiger partial charge in [0.25, 0.3) is 0 Å². The number of nitrogens with zero attached hydrogens (tertiary/aromatic N) is 1. The van der Waals surface area contributed by atoms with E-state index in [1.807, 2.05) is 6.92 Å². The molecule has 0 aromatic heterocycles. The van der Waals surface area contributed by atoms with Crippen LogP contribution in [0.15, 0.2) is 0 Å². The number of carboxylic acid groups (broad SMARTS) is 1. The lowest BCUT2D eigenvalue weighted by molar-refractivity contribution is -0.154. The van der Waals surface area contributed by atoms with Gasteiger partial charge in [-0.1, -0.05) is 13.3 Å². The van der Waals surface area contributed by atoms with Crippen LogP contribution in [-0.2, 0) is 14.4 Å². The van der Waals surface area contributed by atoms with E-state index in [0.29, 0.717) is 12.8 Å². The number of carboxylic acids is 1. The second-order valence-corrected chi connectivity index (χ2v) is 3.78. The molecule has 0 aliphatic carbocycles. The summed E-state index contributed by atoms with van der Waals surface area (Å²) in [5, 5.41) is 11.4. The zero-order valence-corrected chi connectivity index (χ0v) is 9.23. The van der Waals surface area contributed by atoms with E-state index in [9.17, 15) is 14.4 Å². The van der Waals surface area contributed by atoms with Crippen molar-refractivity contribution in [3.8, 4) is 0 Å². The third-order valence-electron chi connectivity index (χ3n) is 2.53. The number of hydrogen-bond donors (Lipinski definition) is 2. The van der Waals surface area contributed by atoms with Gasteiger partial charge in [-0.15, -0.1) is 0 Å². The molecule has 1 saturated heterocycles. The quantitative estimate of drug-likeness (QED) is 0.684. The topological polar surface area (TPSA) is 86.7 Å². The minimum Gasteiger partial charge on any atom is -0.480 e. The van der Waals surface area contributed by atoms with Crippen LogP contribution in [0.1, 0.15) is 26.2 Å². The van der Waals surface area contributed by atoms with Crippen molar-refractivity contribution in [3.05, 3.63) is 0 Å². The van der Waals surface area contributed by atoms with Crippen molar-refractivity contribution in [2.75, 3.05) is 13.1 Å². The Morgan fingerprint density at radius 3 is 2.81 bits per heavy atom. The van der Waals surface area contributed by atoms with Crippen molar-refractivity contribution in [1.82, 2.24) is 10.2 Å². The second-order valence-electron chi connectivity index (χ2n) is 3.78. The molecule has 0 spiro atoms. The smallest absolute Gasteiger partial charge is 0.328 e. The van der Waals surface area contributed by atoms with Crippen molar-refractivity contribution in [3.63, 3.8) is 0 Å². The number of unbranched alkanes of at least 4 members (excludes halogenated alkanes) is 1. The molecule has 16 heavy (non-hydrogen) atoms. The van der Waals surface area contributed by atoms with Gasteiger partial charge in [-0.05, 0) is 6.42 Å². The van der Waals surface area contributed by atoms with Gasteiger partial charge in [-0.2, -0.15) is 0 Å². The number of rotatable bonds is 4. The third-order valence-corrected chi connectivity index (χ3v) is 2.53. The van der Waals surface area contributed by atoms with Crippen LogP contribution in [0.5, 0.6) is 0 Å². The monoisotopic (exact) mass is 228 g/mol. The van der Waals surface area contributed by atoms with Gasteiger partial charge in [0.2, 0.25) is 11.8 Å². The fraction of sp³-hybridized carbons (Fsp3) is 0.700. The van der Waals surface area contributed by atoms with Crippen LogP contribution in [0.2, 0.25) is 0 Å². The zero-order chi connectivity index (χ0) is 12.1. The number of amides is 2. The normalized spacial score (nSPS) is 20.4. The fourth-order valence-electron chi connectivity index (χ4n) is 1.60. The van der Waals surface area contributed by atoms with Crippen molar-refractivity contribution in [2.24, 2.45) is 0 Å². The summed E-state index contributed by atoms with van der Waals surface area (Å²) in [6.07, 6.45) is 1.88. The summed E-state index contributed by atoms with van der Waals surface area (Å²) in [7, 11) is 0. The summed E-state index contributed by atoms with van der Waals surface area (Å²) in [4.78, 5) is 34.9. The van der Waals surface area contributed by atoms with Gasteiger partial charge < -0.3 is 15.3 Å². The highest BCUT2D eigenvalue weighted by Crippen LogP contribution is 2.08. The zero-order valence-electron chi connectivity index (χ0n) is 9.23. The van der Waals surface area contributed by atoms with Gasteiger partial charge >= 0.3 is 5.97 Å². The highest BCUT2D eigenvalue weighted by Gasteiger charge is 2.34. The van der Waals surface area contributed by atoms with Gasteiger partial charge in [-0.25, -0.2) is 4.79 Å². The minimum absolute atomic E-state index is 0.00791. The minimum atomic E-state index is -1.08. The molecule has 2 N–H and O–H groups in total. The summed E-state index contributed by atoms with van der Waals surface area (Å²) in [5.41, 5.74) is 0. The molecule has 0 radical (unpaired) electrons. The summed E-state index contributed by atoms with van der Waals surface area (Å²) < 4.78 is 0. The lowest BCUT2D eigenvalue weighted by Gasteiger charge is -2.32. The molecular formula is C10H16N2O4. The molecule has 1 aliphatic rings. The van der Waals surface area contributed by atoms with Crippen LogP contribution < -0.4 is 5.32 Å². The van der Waals surface area contributed by atoms with Crippen LogP contribution >= 0.6 is 0 Å². The van der Waals surface area contributed by atoms with E-state index in [4.69, 9.17) is 5.11 Å². The molecule has 90 valence electrons. The van der Waals surface area contributed by atoms with E-state index in [1.165, 1.54) is 0 Å². The highest BCUT2D eigenvalue weighted by molar-refractivity contribution is 5.91. The summed E-state index contributed by atoms with van der Waals surface area (Å²) in [5.74, 6) is -1.64. The van der Waals surface area contributed by atoms with Crippen molar-refractivity contribution >= 4 is 17.8 Å². The molecule has 6 heteroatoms. The average molecular weight is 228 g/mol. The van der Waals surface area contributed by atoms with Gasteiger partial charge in [0, 0.05) is 13.0 Å². The summed E-state index contributed by atoms with van der Waals surface area (Å²) in [6, 6.07) is -0.929. The van der Waals surface area contributed by atoms with E-state index in [1.54, 1.807) is 0 Å². The largest absolute Gasteiger partial charge is 0.480 e. The molecule has 2 amide bonds. The second kappa shape index (κ2) is 5.48. The van der Waals surface area contributed by atoms with Crippen molar-refractivity contribution in [1.29, 1.82) is 0 Å². The first kappa shape index (κ1) is 12.5. The maximum absolute atomic E-state index is 11.7. The maximum atomic E-state index is 11.7. The van der Waals surface area contributed by atoms with Gasteiger partial charge in [0.1, 0.15) is 12.6 Å². The number of hydrogen-bond acceptors (Lipinski definition) is 3. The maximum Gasteiger partial charge on any atom is 0.328 e. The van der Waals surface area contributed by atoms with Crippen LogP contribution in [0.25, 0.3) is 0 Å². The SMILES string of the molecule is CCCCC(=O)N1CC(=O)NCC1C(=O)O. The summed E-state index contributed by atoms with van der Waals surface area (Å²) in [6.45, 7) is 1.79. The molecule has 1 heterocycles. The molecule has 1 rings (SSSR count). The van der Waals surface area contributed by atoms with E-state index in [0.717, 1.165) is 11.3 Å². The Hall–Kier alpha value is -1.59. The number of piperazine rings is 1. The molecule has 0 aromatic carbocycles. The van der Waals surface area contributed by atoms with Crippen LogP contribution in [0.4, 0.5) is 0 Å². The number of carbonyl (C=O) groups is 3. The highest BCUT2D eigenvalue weighted by atomic mass is 16.4. The van der Waals surface area contributed by atoms with Crippen molar-refractivity contribution < 1.29 is 19.5 Å². The molecule has 0 bridgehead atoms. The van der Waals surface area contributed by atoms with E-state index in [2.05, 4.69) is 5.32 Å².